The molecule has 5 aromatic rings. The van der Waals surface area contributed by atoms with E-state index in [2.05, 4.69) is 117 Å². The number of carbonyl (C=O) groups excluding carboxylic acids is 1. The molecular weight excluding hydrogens is 886 g/mol. The maximum Gasteiger partial charge on any atom is 0.304 e. The third-order valence-corrected chi connectivity index (χ3v) is 19.2. The number of nitrogens with zero attached hydrogens (tertiary/aromatic N) is 4. The molecule has 17 heteroatoms. The molecule has 1 aliphatic rings. The van der Waals surface area contributed by atoms with E-state index in [-0.39, 0.29) is 72.3 Å². The average Bonchev–Trinajstić information content (AvgIpc) is 3.72. The van der Waals surface area contributed by atoms with Gasteiger partial charge in [0.15, 0.2) is 14.4 Å². The van der Waals surface area contributed by atoms with Gasteiger partial charge in [-0.2, -0.15) is 10.2 Å². The number of hydrogen-bond acceptors (Lipinski definition) is 11. The Kier molecular flexibility index (Phi) is 17.0. The van der Waals surface area contributed by atoms with Crippen molar-refractivity contribution in [3.63, 3.8) is 0 Å². The zero-order chi connectivity index (χ0) is 48.7. The first-order chi connectivity index (χ1) is 31.8. The maximum absolute atomic E-state index is 14.1. The van der Waals surface area contributed by atoms with Crippen LogP contribution in [0.3, 0.4) is 0 Å². The highest BCUT2D eigenvalue weighted by atomic mass is 31.2. The van der Waals surface area contributed by atoms with Crippen molar-refractivity contribution in [2.24, 2.45) is 5.92 Å². The quantitative estimate of drug-likeness (QED) is 0.0223. The van der Waals surface area contributed by atoms with Crippen molar-refractivity contribution in [3.05, 3.63) is 118 Å². The van der Waals surface area contributed by atoms with Crippen LogP contribution in [0.15, 0.2) is 96.1 Å². The lowest BCUT2D eigenvalue weighted by Gasteiger charge is -2.48. The number of H-pyrrole nitrogens is 2. The monoisotopic (exact) mass is 954 g/mol. The average molecular weight is 955 g/mol. The summed E-state index contributed by atoms with van der Waals surface area (Å²) in [5.41, 5.74) is 1.64. The number of benzene rings is 3. The van der Waals surface area contributed by atoms with Crippen molar-refractivity contribution in [2.75, 3.05) is 32.2 Å². The number of hydrogen-bond donors (Lipinski definition) is 3. The third-order valence-electron chi connectivity index (χ3n) is 12.6. The number of nitriles is 1. The summed E-state index contributed by atoms with van der Waals surface area (Å²) in [6.45, 7) is 23.2. The van der Waals surface area contributed by atoms with E-state index in [9.17, 15) is 14.9 Å². The van der Waals surface area contributed by atoms with Gasteiger partial charge < -0.3 is 27.7 Å². The number of aromatic amines is 2. The zero-order valence-corrected chi connectivity index (χ0v) is 42.9. The van der Waals surface area contributed by atoms with Crippen LogP contribution < -0.4 is 20.2 Å². The number of aromatic nitrogens is 4. The summed E-state index contributed by atoms with van der Waals surface area (Å²) in [4.78, 5) is 37.3. The van der Waals surface area contributed by atoms with E-state index < -0.39 is 52.4 Å². The van der Waals surface area contributed by atoms with E-state index in [0.29, 0.717) is 5.75 Å². The number of carbonyl (C=O) groups is 1. The fraction of sp³-hybridized carbons (Fsp3) is 0.500. The van der Waals surface area contributed by atoms with Crippen LogP contribution in [0.1, 0.15) is 91.5 Å². The maximum atomic E-state index is 14.1. The molecule has 0 spiro atoms. The van der Waals surface area contributed by atoms with Crippen LogP contribution in [0.25, 0.3) is 11.2 Å². The molecule has 360 valence electrons. The molecule has 1 aliphatic heterocycles. The van der Waals surface area contributed by atoms with Crippen LogP contribution in [0.5, 0.6) is 5.75 Å². The normalized spacial score (nSPS) is 18.7. The van der Waals surface area contributed by atoms with Gasteiger partial charge in [0.05, 0.1) is 39.4 Å². The number of ether oxygens (including phenoxy) is 3. The van der Waals surface area contributed by atoms with Gasteiger partial charge >= 0.3 is 5.56 Å². The van der Waals surface area contributed by atoms with Gasteiger partial charge in [-0.05, 0) is 74.7 Å². The highest BCUT2D eigenvalue weighted by Crippen LogP contribution is 2.51. The predicted octanol–water partition coefficient (Wildman–Crippen LogP) is 9.14. The molecule has 0 bridgehead atoms. The summed E-state index contributed by atoms with van der Waals surface area (Å²) in [5, 5.41) is 12.1. The van der Waals surface area contributed by atoms with Gasteiger partial charge in [0.25, 0.3) is 19.7 Å². The van der Waals surface area contributed by atoms with Crippen molar-refractivity contribution in [3.8, 4) is 11.8 Å². The Hall–Kier alpha value is -4.82. The molecule has 2 aromatic heterocycles. The Morgan fingerprint density at radius 1 is 0.955 bits per heavy atom. The molecule has 3 aromatic carbocycles. The summed E-state index contributed by atoms with van der Waals surface area (Å²) in [6, 6.07) is 29.8. The van der Waals surface area contributed by atoms with Gasteiger partial charge in [0.1, 0.15) is 29.7 Å². The Bertz CT molecular complexity index is 2440. The molecule has 0 radical (unpaired) electrons. The van der Waals surface area contributed by atoms with E-state index >= 15 is 0 Å². The number of imidazole rings is 1. The van der Waals surface area contributed by atoms with Crippen LogP contribution in [0.4, 0.5) is 5.95 Å². The van der Waals surface area contributed by atoms with Gasteiger partial charge in [-0.15, -0.1) is 0 Å². The third kappa shape index (κ3) is 11.6. The lowest BCUT2D eigenvalue weighted by atomic mass is 9.80. The SMILES string of the molecule is COc1ccc(C(OC[C@H]2OC[C@@H]([n+]3c[nH]c4nc(NC(=O)C(C)C)[nH]c(=O)c43)[C@@H](O[Si](C)(C)C(C)(C)C)[C@@H]2OP(OCCC#N)N(C(C)C)C(C)C)(c2ccccc2)c2ccccc2)cc1. The van der Waals surface area contributed by atoms with E-state index in [4.69, 9.17) is 27.7 Å². The highest BCUT2D eigenvalue weighted by molar-refractivity contribution is 7.44. The molecule has 3 N–H and O–H groups in total. The zero-order valence-electron chi connectivity index (χ0n) is 41.0. The fourth-order valence-electron chi connectivity index (χ4n) is 8.13. The van der Waals surface area contributed by atoms with Gasteiger partial charge in [-0.3, -0.25) is 19.9 Å². The minimum Gasteiger partial charge on any atom is -0.497 e. The second-order valence-corrected chi connectivity index (χ2v) is 25.5. The van der Waals surface area contributed by atoms with E-state index in [1.165, 1.54) is 0 Å². The van der Waals surface area contributed by atoms with Crippen LogP contribution >= 0.6 is 8.53 Å². The molecule has 5 atom stereocenters. The minimum atomic E-state index is -2.67. The molecule has 1 saturated heterocycles. The van der Waals surface area contributed by atoms with Crippen molar-refractivity contribution < 1.29 is 37.0 Å². The number of methoxy groups -OCH3 is 1. The highest BCUT2D eigenvalue weighted by Gasteiger charge is 2.53. The largest absolute Gasteiger partial charge is 0.497 e. The summed E-state index contributed by atoms with van der Waals surface area (Å²) < 4.78 is 45.8. The molecule has 0 saturated carbocycles. The van der Waals surface area contributed by atoms with Crippen LogP contribution in [0, 0.1) is 17.2 Å². The molecular formula is C50H69N7O8PSi+. The smallest absolute Gasteiger partial charge is 0.304 e. The summed E-state index contributed by atoms with van der Waals surface area (Å²) >= 11 is 0. The first kappa shape index (κ1) is 51.6. The van der Waals surface area contributed by atoms with E-state index in [1.807, 2.05) is 65.2 Å². The molecule has 6 rings (SSSR count). The first-order valence-corrected chi connectivity index (χ1v) is 27.1. The van der Waals surface area contributed by atoms with Crippen molar-refractivity contribution in [1.82, 2.24) is 19.6 Å². The van der Waals surface area contributed by atoms with E-state index in [1.54, 1.807) is 27.3 Å². The Morgan fingerprint density at radius 2 is 1.55 bits per heavy atom. The molecule has 15 nitrogen and oxygen atoms in total. The molecule has 3 heterocycles. The number of nitrogens with one attached hydrogen (secondary N) is 3. The topological polar surface area (TPSA) is 177 Å². The lowest BCUT2D eigenvalue weighted by molar-refractivity contribution is -0.713. The van der Waals surface area contributed by atoms with Gasteiger partial charge in [0, 0.05) is 18.0 Å². The van der Waals surface area contributed by atoms with Crippen LogP contribution in [0.2, 0.25) is 18.1 Å². The van der Waals surface area contributed by atoms with Crippen molar-refractivity contribution in [1.29, 1.82) is 5.26 Å². The van der Waals surface area contributed by atoms with Gasteiger partial charge in [0.2, 0.25) is 18.2 Å². The molecule has 1 unspecified atom stereocenters. The Balaban J connectivity index is 1.55. The molecule has 0 aliphatic carbocycles. The standard InChI is InChI=1S/C50H68N7O8PSi/c1-33(2)46(58)54-48-53-45-42(47(59)55-48)56(32-52-45)40-30-61-41(44(43(40)65-67(11,12)49(7,8)9)64-66(63-29-19-28-51)57(34(3)4)35(5)6)31-62-50(36-20-15-13-16-21-36,37-22-17-14-18-23-37)38-24-26-39(60-10)27-25-38/h13-18,20-27,32-35,40-41,43-44H,19,29-31H2,1-12H3,(H2,53,54,55,58,59)/p+1/t40-,41-,43-,44-,66?/m1/s1. The van der Waals surface area contributed by atoms with Gasteiger partial charge in [-0.1, -0.05) is 107 Å². The number of amides is 1. The van der Waals surface area contributed by atoms with Crippen LogP contribution in [-0.4, -0.2) is 91.2 Å². The summed E-state index contributed by atoms with van der Waals surface area (Å²) in [5.74, 6) is 0.149. The predicted molar refractivity (Wildman–Crippen MR) is 263 cm³/mol. The van der Waals surface area contributed by atoms with Crippen molar-refractivity contribution >= 4 is 39.9 Å². The summed E-state index contributed by atoms with van der Waals surface area (Å²) in [6.07, 6.45) is -0.463. The van der Waals surface area contributed by atoms with E-state index in [0.717, 1.165) is 16.7 Å². The number of fused-ring (bicyclic) bond motifs is 1. The number of rotatable bonds is 20. The molecule has 1 amide bonds. The fourth-order valence-corrected chi connectivity index (χ4v) is 11.2. The molecule has 67 heavy (non-hydrogen) atoms. The first-order valence-electron chi connectivity index (χ1n) is 23.1. The van der Waals surface area contributed by atoms with Crippen LogP contribution in [-0.2, 0) is 33.3 Å². The minimum absolute atomic E-state index is 0.000136. The lowest BCUT2D eigenvalue weighted by Crippen LogP contribution is -2.64. The van der Waals surface area contributed by atoms with Crippen molar-refractivity contribution in [2.45, 2.75) is 129 Å². The Morgan fingerprint density at radius 3 is 2.09 bits per heavy atom. The molecule has 1 fully saturated rings. The van der Waals surface area contributed by atoms with Gasteiger partial charge in [-0.25, -0.2) is 14.2 Å². The second kappa shape index (κ2) is 22.1. The summed E-state index contributed by atoms with van der Waals surface area (Å²) in [7, 11) is -2.86. The Labute approximate surface area is 397 Å². The second-order valence-electron chi connectivity index (χ2n) is 19.3. The number of anilines is 1.